The number of hydrogen-bond acceptors (Lipinski definition) is 2. The first-order valence-electron chi connectivity index (χ1n) is 8.04. The van der Waals surface area contributed by atoms with Gasteiger partial charge in [-0.25, -0.2) is 0 Å². The Morgan fingerprint density at radius 3 is 2.41 bits per heavy atom. The molecule has 1 saturated carbocycles. The lowest BCUT2D eigenvalue weighted by Crippen LogP contribution is -2.41. The fourth-order valence-corrected chi connectivity index (χ4v) is 2.66. The van der Waals surface area contributed by atoms with Crippen LogP contribution in [-0.2, 0) is 9.59 Å². The average molecular weight is 300 g/mol. The fourth-order valence-electron chi connectivity index (χ4n) is 2.66. The number of carbonyl (C=O) groups is 2. The first-order chi connectivity index (χ1) is 10.7. The van der Waals surface area contributed by atoms with Crippen LogP contribution in [0.4, 0.5) is 0 Å². The van der Waals surface area contributed by atoms with Crippen molar-refractivity contribution in [1.82, 2.24) is 10.6 Å². The molecular formula is C18H24N2O2. The van der Waals surface area contributed by atoms with Crippen LogP contribution in [0.1, 0.15) is 44.1 Å². The van der Waals surface area contributed by atoms with E-state index in [0.717, 1.165) is 18.4 Å². The summed E-state index contributed by atoms with van der Waals surface area (Å²) in [5.41, 5.74) is 0.959. The fraction of sp³-hybridized carbons (Fsp3) is 0.444. The predicted molar refractivity (Wildman–Crippen MR) is 88.1 cm³/mol. The van der Waals surface area contributed by atoms with E-state index in [4.69, 9.17) is 0 Å². The summed E-state index contributed by atoms with van der Waals surface area (Å²) in [6, 6.07) is 9.86. The second-order valence-corrected chi connectivity index (χ2v) is 5.72. The normalized spacial score (nSPS) is 16.2. The van der Waals surface area contributed by atoms with Gasteiger partial charge in [0, 0.05) is 12.1 Å². The monoisotopic (exact) mass is 300 g/mol. The SMILES string of the molecule is O=C(C=Cc1ccccc1)NCC(=O)NC1CCCCCC1. The molecule has 0 spiro atoms. The minimum absolute atomic E-state index is 0.0362. The van der Waals surface area contributed by atoms with Crippen LogP contribution in [0.25, 0.3) is 6.08 Å². The zero-order chi connectivity index (χ0) is 15.6. The average Bonchev–Trinajstić information content (AvgIpc) is 2.80. The molecule has 2 amide bonds. The Hall–Kier alpha value is -2.10. The van der Waals surface area contributed by atoms with E-state index < -0.39 is 0 Å². The van der Waals surface area contributed by atoms with Crippen molar-refractivity contribution in [2.45, 2.75) is 44.6 Å². The maximum absolute atomic E-state index is 11.9. The molecule has 2 rings (SSSR count). The first-order valence-corrected chi connectivity index (χ1v) is 8.04. The third kappa shape index (κ3) is 6.12. The molecule has 1 aromatic carbocycles. The van der Waals surface area contributed by atoms with Crippen LogP contribution in [-0.4, -0.2) is 24.4 Å². The van der Waals surface area contributed by atoms with E-state index in [2.05, 4.69) is 10.6 Å². The van der Waals surface area contributed by atoms with E-state index in [-0.39, 0.29) is 24.4 Å². The van der Waals surface area contributed by atoms with Crippen LogP contribution in [0, 0.1) is 0 Å². The highest BCUT2D eigenvalue weighted by Crippen LogP contribution is 2.16. The van der Waals surface area contributed by atoms with Gasteiger partial charge in [-0.05, 0) is 24.5 Å². The molecule has 0 unspecified atom stereocenters. The van der Waals surface area contributed by atoms with Crippen molar-refractivity contribution >= 4 is 17.9 Å². The van der Waals surface area contributed by atoms with E-state index in [1.54, 1.807) is 6.08 Å². The van der Waals surface area contributed by atoms with Crippen LogP contribution >= 0.6 is 0 Å². The van der Waals surface area contributed by atoms with Crippen molar-refractivity contribution in [3.05, 3.63) is 42.0 Å². The minimum Gasteiger partial charge on any atom is -0.352 e. The Labute approximate surface area is 132 Å². The van der Waals surface area contributed by atoms with Gasteiger partial charge in [0.25, 0.3) is 0 Å². The summed E-state index contributed by atoms with van der Waals surface area (Å²) in [5.74, 6) is -0.353. The molecule has 0 radical (unpaired) electrons. The Kier molecular flexibility index (Phi) is 6.68. The zero-order valence-corrected chi connectivity index (χ0v) is 12.9. The molecule has 1 aliphatic rings. The summed E-state index contributed by atoms with van der Waals surface area (Å²) in [6.45, 7) is 0.0362. The smallest absolute Gasteiger partial charge is 0.244 e. The predicted octanol–water partition coefficient (Wildman–Crippen LogP) is 2.66. The Bertz CT molecular complexity index is 503. The lowest BCUT2D eigenvalue weighted by Gasteiger charge is -2.16. The number of rotatable bonds is 5. The number of hydrogen-bond donors (Lipinski definition) is 2. The minimum atomic E-state index is -0.250. The second-order valence-electron chi connectivity index (χ2n) is 5.72. The van der Waals surface area contributed by atoms with Gasteiger partial charge in [0.1, 0.15) is 0 Å². The van der Waals surface area contributed by atoms with Gasteiger partial charge in [-0.2, -0.15) is 0 Å². The van der Waals surface area contributed by atoms with Crippen molar-refractivity contribution in [2.24, 2.45) is 0 Å². The third-order valence-electron chi connectivity index (χ3n) is 3.87. The summed E-state index contributed by atoms with van der Waals surface area (Å²) in [6.07, 6.45) is 10.2. The van der Waals surface area contributed by atoms with Gasteiger partial charge in [-0.15, -0.1) is 0 Å². The number of benzene rings is 1. The summed E-state index contributed by atoms with van der Waals surface area (Å²) in [4.78, 5) is 23.5. The van der Waals surface area contributed by atoms with Gasteiger partial charge >= 0.3 is 0 Å². The quantitative estimate of drug-likeness (QED) is 0.649. The van der Waals surface area contributed by atoms with Crippen LogP contribution in [0.15, 0.2) is 36.4 Å². The van der Waals surface area contributed by atoms with Crippen molar-refractivity contribution < 1.29 is 9.59 Å². The molecule has 4 heteroatoms. The molecule has 1 aliphatic carbocycles. The van der Waals surface area contributed by atoms with E-state index in [1.165, 1.54) is 31.8 Å². The molecule has 0 aliphatic heterocycles. The van der Waals surface area contributed by atoms with Crippen LogP contribution < -0.4 is 10.6 Å². The van der Waals surface area contributed by atoms with Crippen LogP contribution in [0.2, 0.25) is 0 Å². The third-order valence-corrected chi connectivity index (χ3v) is 3.87. The zero-order valence-electron chi connectivity index (χ0n) is 12.9. The standard InChI is InChI=1S/C18H24N2O2/c21-17(13-12-15-8-4-3-5-9-15)19-14-18(22)20-16-10-6-1-2-7-11-16/h3-5,8-9,12-13,16H,1-2,6-7,10-11,14H2,(H,19,21)(H,20,22). The highest BCUT2D eigenvalue weighted by atomic mass is 16.2. The molecular weight excluding hydrogens is 276 g/mol. The summed E-state index contributed by atoms with van der Waals surface area (Å²) >= 11 is 0. The lowest BCUT2D eigenvalue weighted by atomic mass is 10.1. The molecule has 22 heavy (non-hydrogen) atoms. The molecule has 0 heterocycles. The van der Waals surface area contributed by atoms with E-state index in [9.17, 15) is 9.59 Å². The van der Waals surface area contributed by atoms with Gasteiger partial charge in [0.05, 0.1) is 6.54 Å². The first kappa shape index (κ1) is 16.3. The Balaban J connectivity index is 1.69. The summed E-state index contributed by atoms with van der Waals surface area (Å²) in [7, 11) is 0. The Morgan fingerprint density at radius 1 is 1.05 bits per heavy atom. The molecule has 4 nitrogen and oxygen atoms in total. The topological polar surface area (TPSA) is 58.2 Å². The molecule has 118 valence electrons. The molecule has 2 N–H and O–H groups in total. The van der Waals surface area contributed by atoms with Crippen molar-refractivity contribution in [3.63, 3.8) is 0 Å². The lowest BCUT2D eigenvalue weighted by molar-refractivity contribution is -0.124. The van der Waals surface area contributed by atoms with Crippen LogP contribution in [0.3, 0.4) is 0 Å². The molecule has 0 atom stereocenters. The summed E-state index contributed by atoms with van der Waals surface area (Å²) in [5, 5.41) is 5.63. The van der Waals surface area contributed by atoms with Crippen molar-refractivity contribution in [1.29, 1.82) is 0 Å². The van der Waals surface area contributed by atoms with E-state index in [0.29, 0.717) is 0 Å². The molecule has 0 bridgehead atoms. The maximum atomic E-state index is 11.9. The highest BCUT2D eigenvalue weighted by molar-refractivity contribution is 5.94. The molecule has 1 aromatic rings. The van der Waals surface area contributed by atoms with Crippen LogP contribution in [0.5, 0.6) is 0 Å². The largest absolute Gasteiger partial charge is 0.352 e. The summed E-state index contributed by atoms with van der Waals surface area (Å²) < 4.78 is 0. The molecule has 1 fully saturated rings. The van der Waals surface area contributed by atoms with Gasteiger partial charge in [-0.1, -0.05) is 56.0 Å². The maximum Gasteiger partial charge on any atom is 0.244 e. The number of nitrogens with one attached hydrogen (secondary N) is 2. The van der Waals surface area contributed by atoms with E-state index >= 15 is 0 Å². The number of carbonyl (C=O) groups excluding carboxylic acids is 2. The van der Waals surface area contributed by atoms with Gasteiger partial charge < -0.3 is 10.6 Å². The van der Waals surface area contributed by atoms with Gasteiger partial charge in [0.15, 0.2) is 0 Å². The number of amides is 2. The molecule has 0 aromatic heterocycles. The molecule has 0 saturated heterocycles. The second kappa shape index (κ2) is 9.03. The Morgan fingerprint density at radius 2 is 1.73 bits per heavy atom. The van der Waals surface area contributed by atoms with E-state index in [1.807, 2.05) is 30.3 Å². The van der Waals surface area contributed by atoms with Gasteiger partial charge in [0.2, 0.25) is 11.8 Å². The highest BCUT2D eigenvalue weighted by Gasteiger charge is 2.14. The van der Waals surface area contributed by atoms with Crippen molar-refractivity contribution in [3.8, 4) is 0 Å². The van der Waals surface area contributed by atoms with Gasteiger partial charge in [-0.3, -0.25) is 9.59 Å². The van der Waals surface area contributed by atoms with Crippen molar-refractivity contribution in [2.75, 3.05) is 6.54 Å².